The average molecular weight is 1130 g/mol. The van der Waals surface area contributed by atoms with E-state index in [9.17, 15) is 142 Å². The molecule has 0 atom stereocenters. The SMILES string of the molecule is CCCCCCOC(=O)c1c(C(=O)O)c(C(=O)OC(=O)c2c(C(=O)O)c(C(=O)O)c(C(=O)O)c(C(=O)O)c2C(=O)O)c(C(=O)OC(=O)c2c(C(=O)O)c(C(=O)O)c(C(=O)O)c(C(=O)O)c2C(=O)O)c(C(=O)OCC)c1C(=O)OCC. The zero-order valence-corrected chi connectivity index (χ0v) is 40.3. The molecule has 0 saturated carbocycles. The Hall–Kier alpha value is -11.5. The number of rotatable bonds is 25. The molecule has 0 saturated heterocycles. The van der Waals surface area contributed by atoms with Crippen LogP contribution in [0.4, 0.5) is 0 Å². The first kappa shape index (κ1) is 62.8. The van der Waals surface area contributed by atoms with E-state index in [0.29, 0.717) is 12.8 Å². The van der Waals surface area contributed by atoms with Gasteiger partial charge in [-0.25, -0.2) is 86.3 Å². The number of carbonyl (C=O) groups is 18. The molecule has 0 aromatic heterocycles. The number of esters is 7. The largest absolute Gasteiger partial charge is 0.478 e. The zero-order valence-electron chi connectivity index (χ0n) is 40.3. The highest BCUT2D eigenvalue weighted by molar-refractivity contribution is 6.29. The van der Waals surface area contributed by atoms with Crippen LogP contribution < -0.4 is 0 Å². The highest BCUT2D eigenvalue weighted by Crippen LogP contribution is 2.37. The fourth-order valence-corrected chi connectivity index (χ4v) is 7.58. The molecule has 0 radical (unpaired) electrons. The molecule has 34 nitrogen and oxygen atoms in total. The van der Waals surface area contributed by atoms with Gasteiger partial charge in [0.1, 0.15) is 0 Å². The maximum Gasteiger partial charge on any atom is 0.347 e. The molecule has 34 heteroatoms. The molecule has 0 unspecified atom stereocenters. The van der Waals surface area contributed by atoms with Crippen molar-refractivity contribution in [3.05, 3.63) is 100 Å². The van der Waals surface area contributed by atoms with Gasteiger partial charge in [-0.2, -0.15) is 0 Å². The van der Waals surface area contributed by atoms with Gasteiger partial charge in [0, 0.05) is 0 Å². The van der Waals surface area contributed by atoms with Crippen molar-refractivity contribution in [1.82, 2.24) is 0 Å². The second kappa shape index (κ2) is 25.4. The Morgan fingerprint density at radius 3 is 0.637 bits per heavy atom. The monoisotopic (exact) mass is 1130 g/mol. The molecule has 0 bridgehead atoms. The van der Waals surface area contributed by atoms with Crippen molar-refractivity contribution in [3.63, 3.8) is 0 Å². The Bertz CT molecular complexity index is 3280. The molecule has 0 aliphatic rings. The number of unbranched alkanes of at least 4 members (excludes halogenated alkanes) is 3. The maximum atomic E-state index is 14.7. The molecule has 0 fully saturated rings. The average Bonchev–Trinajstić information content (AvgIpc) is 3.34. The van der Waals surface area contributed by atoms with Gasteiger partial charge in [-0.15, -0.1) is 0 Å². The first-order chi connectivity index (χ1) is 37.2. The third kappa shape index (κ3) is 12.1. The van der Waals surface area contributed by atoms with E-state index in [2.05, 4.69) is 9.47 Å². The van der Waals surface area contributed by atoms with Crippen LogP contribution in [-0.4, -0.2) is 183 Å². The second-order valence-electron chi connectivity index (χ2n) is 15.1. The summed E-state index contributed by atoms with van der Waals surface area (Å²) in [6, 6.07) is 0. The highest BCUT2D eigenvalue weighted by atomic mass is 16.6. The van der Waals surface area contributed by atoms with E-state index in [0.717, 1.165) is 13.8 Å². The Balaban J connectivity index is 2.90. The second-order valence-corrected chi connectivity index (χ2v) is 15.1. The molecule has 3 aromatic carbocycles. The van der Waals surface area contributed by atoms with Crippen LogP contribution in [0.1, 0.15) is 233 Å². The molecular formula is C46H34O34. The lowest BCUT2D eigenvalue weighted by Gasteiger charge is -2.22. The minimum Gasteiger partial charge on any atom is -0.478 e. The molecule has 0 amide bonds. The zero-order chi connectivity index (χ0) is 61.3. The van der Waals surface area contributed by atoms with E-state index in [1.165, 1.54) is 0 Å². The molecule has 0 heterocycles. The van der Waals surface area contributed by atoms with Gasteiger partial charge >= 0.3 is 107 Å². The third-order valence-electron chi connectivity index (χ3n) is 10.4. The molecule has 3 rings (SSSR count). The van der Waals surface area contributed by atoms with E-state index < -0.39 is 227 Å². The summed E-state index contributed by atoms with van der Waals surface area (Å²) in [4.78, 5) is 239. The lowest BCUT2D eigenvalue weighted by atomic mass is 9.85. The van der Waals surface area contributed by atoms with Gasteiger partial charge in [-0.1, -0.05) is 26.2 Å². The van der Waals surface area contributed by atoms with Crippen LogP contribution >= 0.6 is 0 Å². The fraction of sp³-hybridized carbons (Fsp3) is 0.217. The Labute approximate surface area is 439 Å². The first-order valence-electron chi connectivity index (χ1n) is 21.6. The van der Waals surface area contributed by atoms with Crippen LogP contribution in [0.5, 0.6) is 0 Å². The lowest BCUT2D eigenvalue weighted by molar-refractivity contribution is 0.0340. The molecule has 422 valence electrons. The van der Waals surface area contributed by atoms with E-state index in [1.807, 2.05) is 0 Å². The fourth-order valence-electron chi connectivity index (χ4n) is 7.58. The van der Waals surface area contributed by atoms with Gasteiger partial charge in [0.05, 0.1) is 120 Å². The Kier molecular flexibility index (Phi) is 19.9. The summed E-state index contributed by atoms with van der Waals surface area (Å²) >= 11 is 0. The van der Waals surface area contributed by atoms with Crippen molar-refractivity contribution < 1.29 is 166 Å². The van der Waals surface area contributed by atoms with Crippen molar-refractivity contribution in [2.24, 2.45) is 0 Å². The van der Waals surface area contributed by atoms with Crippen LogP contribution in [0.2, 0.25) is 0 Å². The van der Waals surface area contributed by atoms with Gasteiger partial charge in [0.25, 0.3) is 0 Å². The predicted octanol–water partition coefficient (Wildman–Crippen LogP) is 2.45. The van der Waals surface area contributed by atoms with Crippen molar-refractivity contribution >= 4 is 107 Å². The Morgan fingerprint density at radius 2 is 0.412 bits per heavy atom. The topological polar surface area (TPSA) is 576 Å². The quantitative estimate of drug-likeness (QED) is 0.0251. The minimum atomic E-state index is -3.02. The van der Waals surface area contributed by atoms with E-state index in [4.69, 9.17) is 14.2 Å². The smallest absolute Gasteiger partial charge is 0.347 e. The van der Waals surface area contributed by atoms with Gasteiger partial charge in [0.2, 0.25) is 0 Å². The summed E-state index contributed by atoms with van der Waals surface area (Å²) in [5.41, 5.74) is -40.3. The van der Waals surface area contributed by atoms with E-state index in [-0.39, 0.29) is 12.8 Å². The van der Waals surface area contributed by atoms with Gasteiger partial charge in [-0.05, 0) is 20.3 Å². The molecular weight excluding hydrogens is 1100 g/mol. The Morgan fingerprint density at radius 1 is 0.237 bits per heavy atom. The van der Waals surface area contributed by atoms with Gasteiger partial charge in [-0.3, -0.25) is 0 Å². The van der Waals surface area contributed by atoms with Crippen molar-refractivity contribution in [2.45, 2.75) is 46.5 Å². The first-order valence-corrected chi connectivity index (χ1v) is 21.6. The number of hydrogen-bond acceptors (Lipinski definition) is 23. The summed E-state index contributed by atoms with van der Waals surface area (Å²) in [6.07, 6.45) is 1.15. The summed E-state index contributed by atoms with van der Waals surface area (Å²) in [7, 11) is 0. The van der Waals surface area contributed by atoms with Crippen LogP contribution in [-0.2, 0) is 23.7 Å². The van der Waals surface area contributed by atoms with Crippen molar-refractivity contribution in [3.8, 4) is 0 Å². The number of hydrogen-bond donors (Lipinski definition) is 11. The van der Waals surface area contributed by atoms with Crippen LogP contribution in [0.15, 0.2) is 0 Å². The molecule has 0 spiro atoms. The number of benzene rings is 3. The van der Waals surface area contributed by atoms with Crippen LogP contribution in [0, 0.1) is 0 Å². The number of carboxylic acid groups (broad SMARTS) is 11. The van der Waals surface area contributed by atoms with Crippen LogP contribution in [0.3, 0.4) is 0 Å². The van der Waals surface area contributed by atoms with Crippen molar-refractivity contribution in [2.75, 3.05) is 19.8 Å². The summed E-state index contributed by atoms with van der Waals surface area (Å²) in [5.74, 6) is -49.0. The van der Waals surface area contributed by atoms with Crippen LogP contribution in [0.25, 0.3) is 0 Å². The van der Waals surface area contributed by atoms with E-state index >= 15 is 0 Å². The molecule has 0 aliphatic heterocycles. The maximum absolute atomic E-state index is 14.7. The van der Waals surface area contributed by atoms with Gasteiger partial charge in [0.15, 0.2) is 0 Å². The highest BCUT2D eigenvalue weighted by Gasteiger charge is 2.48. The number of aromatic carboxylic acids is 11. The minimum absolute atomic E-state index is 0.0934. The van der Waals surface area contributed by atoms with E-state index in [1.54, 1.807) is 6.92 Å². The summed E-state index contributed by atoms with van der Waals surface area (Å²) in [6.45, 7) is 1.14. The summed E-state index contributed by atoms with van der Waals surface area (Å²) in [5, 5.41) is 111. The number of carboxylic acids is 11. The van der Waals surface area contributed by atoms with Crippen molar-refractivity contribution in [1.29, 1.82) is 0 Å². The summed E-state index contributed by atoms with van der Waals surface area (Å²) < 4.78 is 23.8. The molecule has 80 heavy (non-hydrogen) atoms. The number of carbonyl (C=O) groups excluding carboxylic acids is 7. The lowest BCUT2D eigenvalue weighted by Crippen LogP contribution is -2.33. The normalized spacial score (nSPS) is 10.5. The van der Waals surface area contributed by atoms with Gasteiger partial charge < -0.3 is 79.9 Å². The third-order valence-corrected chi connectivity index (χ3v) is 10.4. The molecule has 3 aromatic rings. The number of ether oxygens (including phenoxy) is 5. The standard InChI is InChI=1S/C46H34O34/c1-4-7-8-9-10-78-42(71)24-21(39(67)68)25(45(74)79-43(72)22-17(35(59)60)13(31(51)52)11(29(47)48)14(32(53)54)18(22)36(61)62)28(27(41(70)77-6-3)26(24)40(69)76-5-2)46(75)80-44(73)23-19(37(63)64)15(33(55)56)12(30(49)50)16(34(57)58)20(23)38(65)66/h4-10H2,1-3H3,(H,47,48)(H,49,50)(H,51,52)(H,53,54)(H,55,56)(H,57,58)(H,59,60)(H,61,62)(H,63,64)(H,65,66)(H,67,68). The molecule has 0 aliphatic carbocycles. The predicted molar refractivity (Wildman–Crippen MR) is 242 cm³/mol. The molecule has 11 N–H and O–H groups in total.